The highest BCUT2D eigenvalue weighted by molar-refractivity contribution is 5.75. The number of hydrogen-bond acceptors (Lipinski definition) is 4. The molecule has 0 bridgehead atoms. The van der Waals surface area contributed by atoms with Crippen LogP contribution < -0.4 is 0 Å². The van der Waals surface area contributed by atoms with Crippen molar-refractivity contribution in [1.29, 1.82) is 0 Å². The molecule has 0 saturated heterocycles. The molecule has 0 radical (unpaired) electrons. The number of esters is 1. The lowest BCUT2D eigenvalue weighted by Gasteiger charge is -2.32. The Hall–Kier alpha value is -2.69. The molecule has 0 fully saturated rings. The average Bonchev–Trinajstić information content (AvgIpc) is 2.57. The third-order valence-corrected chi connectivity index (χ3v) is 4.54. The van der Waals surface area contributed by atoms with Crippen molar-refractivity contribution in [2.75, 3.05) is 7.11 Å². The van der Waals surface area contributed by atoms with E-state index in [9.17, 15) is 14.9 Å². The number of carbonyl (C=O) groups excluding carboxylic acids is 1. The summed E-state index contributed by atoms with van der Waals surface area (Å²) in [5, 5.41) is 11.7. The Kier molecular flexibility index (Phi) is 3.86. The Balaban J connectivity index is 2.25. The first-order valence-corrected chi connectivity index (χ1v) is 7.45. The van der Waals surface area contributed by atoms with E-state index < -0.39 is 12.0 Å². The van der Waals surface area contributed by atoms with Gasteiger partial charge in [-0.3, -0.25) is 14.9 Å². The maximum absolute atomic E-state index is 12.1. The zero-order valence-corrected chi connectivity index (χ0v) is 12.9. The maximum Gasteiger partial charge on any atom is 0.309 e. The van der Waals surface area contributed by atoms with Crippen LogP contribution in [-0.2, 0) is 9.53 Å². The van der Waals surface area contributed by atoms with E-state index in [1.54, 1.807) is 31.2 Å². The summed E-state index contributed by atoms with van der Waals surface area (Å²) in [6.45, 7) is 1.80. The first-order valence-electron chi connectivity index (χ1n) is 7.45. The molecule has 0 N–H and O–H groups in total. The number of ether oxygens (including phenoxy) is 1. The predicted molar refractivity (Wildman–Crippen MR) is 84.7 cm³/mol. The lowest BCUT2D eigenvalue weighted by Crippen LogP contribution is -2.29. The molecular formula is C18H17NO4. The van der Waals surface area contributed by atoms with Gasteiger partial charge in [0.2, 0.25) is 0 Å². The Labute approximate surface area is 134 Å². The summed E-state index contributed by atoms with van der Waals surface area (Å²) in [4.78, 5) is 23.5. The molecule has 0 saturated carbocycles. The number of hydrogen-bond donors (Lipinski definition) is 0. The Morgan fingerprint density at radius 2 is 1.48 bits per heavy atom. The van der Waals surface area contributed by atoms with E-state index in [1.807, 2.05) is 24.3 Å². The van der Waals surface area contributed by atoms with Crippen molar-refractivity contribution in [2.24, 2.45) is 5.92 Å². The fourth-order valence-corrected chi connectivity index (χ4v) is 3.51. The number of nitro groups is 1. The lowest BCUT2D eigenvalue weighted by atomic mass is 9.71. The minimum Gasteiger partial charge on any atom is -0.469 e. The van der Waals surface area contributed by atoms with Gasteiger partial charge in [0.1, 0.15) is 0 Å². The zero-order valence-electron chi connectivity index (χ0n) is 12.9. The molecule has 0 aromatic heterocycles. The van der Waals surface area contributed by atoms with Crippen molar-refractivity contribution in [3.63, 3.8) is 0 Å². The third kappa shape index (κ3) is 2.38. The standard InChI is InChI=1S/C18H17NO4/c1-11(18(20)23-2)16-12-7-3-5-9-14(12)17(19(21)22)15-10-6-4-8-13(15)16/h3-11,16-17H,1-2H3. The molecule has 1 aliphatic rings. The van der Waals surface area contributed by atoms with Crippen LogP contribution >= 0.6 is 0 Å². The van der Waals surface area contributed by atoms with E-state index >= 15 is 0 Å². The largest absolute Gasteiger partial charge is 0.469 e. The van der Waals surface area contributed by atoms with E-state index in [0.29, 0.717) is 11.1 Å². The number of nitrogens with zero attached hydrogens (tertiary/aromatic N) is 1. The van der Waals surface area contributed by atoms with Crippen LogP contribution in [0.2, 0.25) is 0 Å². The van der Waals surface area contributed by atoms with Crippen LogP contribution in [0.4, 0.5) is 0 Å². The van der Waals surface area contributed by atoms with Crippen LogP contribution in [-0.4, -0.2) is 18.0 Å². The average molecular weight is 311 g/mol. The van der Waals surface area contributed by atoms with Crippen molar-refractivity contribution < 1.29 is 14.5 Å². The minimum atomic E-state index is -0.900. The fraction of sp³-hybridized carbons (Fsp3) is 0.278. The molecule has 2 aromatic carbocycles. The van der Waals surface area contributed by atoms with Crippen LogP contribution in [0.5, 0.6) is 0 Å². The van der Waals surface area contributed by atoms with Gasteiger partial charge in [-0.1, -0.05) is 55.5 Å². The predicted octanol–water partition coefficient (Wildman–Crippen LogP) is 3.31. The molecule has 5 nitrogen and oxygen atoms in total. The Bertz CT molecular complexity index is 724. The molecular weight excluding hydrogens is 294 g/mol. The number of fused-ring (bicyclic) bond motifs is 2. The Morgan fingerprint density at radius 3 is 1.87 bits per heavy atom. The van der Waals surface area contributed by atoms with E-state index in [0.717, 1.165) is 11.1 Å². The summed E-state index contributed by atoms with van der Waals surface area (Å²) in [5.74, 6) is -0.986. The molecule has 1 unspecified atom stereocenters. The van der Waals surface area contributed by atoms with Crippen LogP contribution in [0, 0.1) is 16.0 Å². The Morgan fingerprint density at radius 1 is 1.04 bits per heavy atom. The molecule has 23 heavy (non-hydrogen) atoms. The molecule has 1 aliphatic carbocycles. The van der Waals surface area contributed by atoms with Crippen molar-refractivity contribution >= 4 is 5.97 Å². The quantitative estimate of drug-likeness (QED) is 0.495. The van der Waals surface area contributed by atoms with Gasteiger partial charge in [-0.2, -0.15) is 0 Å². The molecule has 118 valence electrons. The highest BCUT2D eigenvalue weighted by Gasteiger charge is 2.42. The van der Waals surface area contributed by atoms with Crippen molar-refractivity contribution in [2.45, 2.75) is 18.9 Å². The first kappa shape index (κ1) is 15.2. The van der Waals surface area contributed by atoms with Gasteiger partial charge in [0.05, 0.1) is 13.0 Å². The fourth-order valence-electron chi connectivity index (χ4n) is 3.51. The van der Waals surface area contributed by atoms with Crippen LogP contribution in [0.25, 0.3) is 0 Å². The zero-order chi connectivity index (χ0) is 16.6. The first-order chi connectivity index (χ1) is 11.1. The number of benzene rings is 2. The SMILES string of the molecule is COC(=O)C(C)C1c2ccccc2C([N+](=O)[O-])c2ccccc21. The van der Waals surface area contributed by atoms with Gasteiger partial charge in [-0.25, -0.2) is 0 Å². The minimum absolute atomic E-state index is 0.244. The molecule has 0 amide bonds. The van der Waals surface area contributed by atoms with Gasteiger partial charge in [0, 0.05) is 22.0 Å². The molecule has 0 heterocycles. The van der Waals surface area contributed by atoms with Crippen LogP contribution in [0.3, 0.4) is 0 Å². The van der Waals surface area contributed by atoms with Gasteiger partial charge in [0.15, 0.2) is 0 Å². The second-order valence-corrected chi connectivity index (χ2v) is 5.74. The van der Waals surface area contributed by atoms with Crippen LogP contribution in [0.15, 0.2) is 48.5 Å². The summed E-state index contributed by atoms with van der Waals surface area (Å²) >= 11 is 0. The van der Waals surface area contributed by atoms with E-state index in [-0.39, 0.29) is 16.8 Å². The summed E-state index contributed by atoms with van der Waals surface area (Å²) in [5.41, 5.74) is 2.95. The second-order valence-electron chi connectivity index (χ2n) is 5.74. The topological polar surface area (TPSA) is 69.4 Å². The van der Waals surface area contributed by atoms with E-state index in [4.69, 9.17) is 4.74 Å². The molecule has 0 spiro atoms. The van der Waals surface area contributed by atoms with Gasteiger partial charge in [-0.15, -0.1) is 0 Å². The molecule has 3 rings (SSSR count). The lowest BCUT2D eigenvalue weighted by molar-refractivity contribution is -0.517. The summed E-state index contributed by atoms with van der Waals surface area (Å²) < 4.78 is 4.90. The number of carbonyl (C=O) groups is 1. The summed E-state index contributed by atoms with van der Waals surface area (Å²) in [6.07, 6.45) is 0. The third-order valence-electron chi connectivity index (χ3n) is 4.54. The highest BCUT2D eigenvalue weighted by atomic mass is 16.6. The molecule has 0 aliphatic heterocycles. The van der Waals surface area contributed by atoms with E-state index in [1.165, 1.54) is 7.11 Å². The van der Waals surface area contributed by atoms with E-state index in [2.05, 4.69) is 0 Å². The molecule has 5 heteroatoms. The van der Waals surface area contributed by atoms with Crippen molar-refractivity contribution in [3.05, 3.63) is 80.9 Å². The monoisotopic (exact) mass is 311 g/mol. The maximum atomic E-state index is 12.1. The van der Waals surface area contributed by atoms with Gasteiger partial charge >= 0.3 is 5.97 Å². The van der Waals surface area contributed by atoms with Gasteiger partial charge < -0.3 is 4.74 Å². The summed E-state index contributed by atoms with van der Waals surface area (Å²) in [7, 11) is 1.36. The second kappa shape index (κ2) is 5.83. The van der Waals surface area contributed by atoms with Crippen molar-refractivity contribution in [3.8, 4) is 0 Å². The highest BCUT2D eigenvalue weighted by Crippen LogP contribution is 2.46. The normalized spacial score (nSPS) is 20.1. The van der Waals surface area contributed by atoms with Gasteiger partial charge in [-0.05, 0) is 11.1 Å². The van der Waals surface area contributed by atoms with Gasteiger partial charge in [0.25, 0.3) is 6.04 Å². The smallest absolute Gasteiger partial charge is 0.309 e. The molecule has 1 atom stereocenters. The van der Waals surface area contributed by atoms with Crippen LogP contribution in [0.1, 0.15) is 41.1 Å². The number of rotatable bonds is 3. The number of methoxy groups -OCH3 is 1. The van der Waals surface area contributed by atoms with Crippen molar-refractivity contribution in [1.82, 2.24) is 0 Å². The molecule has 2 aromatic rings. The summed E-state index contributed by atoms with van der Waals surface area (Å²) in [6, 6.07) is 13.7.